The second-order valence-corrected chi connectivity index (χ2v) is 10.6. The number of nitrogens with two attached hydrogens (primary N) is 1. The molecule has 0 amide bonds. The zero-order valence-electron chi connectivity index (χ0n) is 25.0. The Bertz CT molecular complexity index is 1340. The number of benzene rings is 2. The molecule has 2 aromatic heterocycles. The number of aromatic nitrogens is 4. The van der Waals surface area contributed by atoms with E-state index in [-0.39, 0.29) is 0 Å². The Morgan fingerprint density at radius 2 is 1.17 bits per heavy atom. The molecule has 2 aromatic carbocycles. The molecule has 0 saturated carbocycles. The number of hydrogen-bond acceptors (Lipinski definition) is 8. The van der Waals surface area contributed by atoms with E-state index < -0.39 is 0 Å². The summed E-state index contributed by atoms with van der Waals surface area (Å²) in [5.74, 6) is 2.09. The van der Waals surface area contributed by atoms with Gasteiger partial charge >= 0.3 is 0 Å². The van der Waals surface area contributed by atoms with Crippen LogP contribution in [0.4, 0.5) is 17.2 Å². The predicted molar refractivity (Wildman–Crippen MR) is 169 cm³/mol. The molecule has 0 spiro atoms. The van der Waals surface area contributed by atoms with Gasteiger partial charge in [0.05, 0.1) is 30.9 Å². The average molecular weight is 572 g/mol. The summed E-state index contributed by atoms with van der Waals surface area (Å²) in [6, 6.07) is 15.4. The van der Waals surface area contributed by atoms with E-state index in [0.29, 0.717) is 17.9 Å². The van der Waals surface area contributed by atoms with Gasteiger partial charge in [0, 0.05) is 6.54 Å². The van der Waals surface area contributed by atoms with Crippen LogP contribution in [0.15, 0.2) is 71.4 Å². The second kappa shape index (κ2) is 17.7. The Hall–Kier alpha value is -4.01. The molecule has 224 valence electrons. The summed E-state index contributed by atoms with van der Waals surface area (Å²) < 4.78 is 13.8. The zero-order chi connectivity index (χ0) is 29.2. The fraction of sp³-hybridized carbons (Fsp3) is 0.485. The largest absolute Gasteiger partial charge is 0.494 e. The number of azo groups is 1. The first-order valence-corrected chi connectivity index (χ1v) is 15.5. The van der Waals surface area contributed by atoms with E-state index in [4.69, 9.17) is 15.2 Å². The molecule has 9 heteroatoms. The van der Waals surface area contributed by atoms with Crippen LogP contribution in [-0.4, -0.2) is 32.7 Å². The minimum Gasteiger partial charge on any atom is -0.494 e. The lowest BCUT2D eigenvalue weighted by Crippen LogP contribution is -2.02. The third-order valence-electron chi connectivity index (χ3n) is 7.21. The van der Waals surface area contributed by atoms with Gasteiger partial charge in [0.15, 0.2) is 11.5 Å². The highest BCUT2D eigenvalue weighted by Crippen LogP contribution is 2.24. The van der Waals surface area contributed by atoms with Crippen LogP contribution in [0, 0.1) is 0 Å². The summed E-state index contributed by atoms with van der Waals surface area (Å²) in [7, 11) is 0. The molecule has 0 radical (unpaired) electrons. The lowest BCUT2D eigenvalue weighted by molar-refractivity contribution is 0.303. The van der Waals surface area contributed by atoms with Gasteiger partial charge in [-0.3, -0.25) is 0 Å². The highest BCUT2D eigenvalue weighted by Gasteiger charge is 2.07. The number of nitrogen functional groups attached to an aromatic ring is 1. The van der Waals surface area contributed by atoms with Gasteiger partial charge in [-0.2, -0.15) is 10.2 Å². The molecule has 4 aromatic rings. The van der Waals surface area contributed by atoms with Crippen molar-refractivity contribution in [2.75, 3.05) is 18.9 Å². The van der Waals surface area contributed by atoms with Crippen molar-refractivity contribution in [3.05, 3.63) is 61.2 Å². The fourth-order valence-electron chi connectivity index (χ4n) is 4.75. The molecule has 0 unspecified atom stereocenters. The van der Waals surface area contributed by atoms with E-state index in [2.05, 4.69) is 32.1 Å². The summed E-state index contributed by atoms with van der Waals surface area (Å²) in [5.41, 5.74) is 8.83. The minimum atomic E-state index is 0.405. The maximum Gasteiger partial charge on any atom is 0.165 e. The summed E-state index contributed by atoms with van der Waals surface area (Å²) in [6.45, 7) is 4.45. The molecule has 0 aliphatic heterocycles. The van der Waals surface area contributed by atoms with Gasteiger partial charge in [-0.05, 0) is 67.8 Å². The monoisotopic (exact) mass is 571 g/mol. The third-order valence-corrected chi connectivity index (χ3v) is 7.21. The molecule has 2 heterocycles. The van der Waals surface area contributed by atoms with Gasteiger partial charge in [0.1, 0.15) is 23.3 Å². The Morgan fingerprint density at radius 1 is 0.643 bits per heavy atom. The van der Waals surface area contributed by atoms with Crippen molar-refractivity contribution in [1.29, 1.82) is 0 Å². The second-order valence-electron chi connectivity index (χ2n) is 10.6. The molecular weight excluding hydrogens is 526 g/mol. The zero-order valence-corrected chi connectivity index (χ0v) is 25.0. The van der Waals surface area contributed by atoms with E-state index in [1.54, 1.807) is 6.33 Å². The molecular formula is C33H45N7O2. The molecule has 0 atom stereocenters. The Balaban J connectivity index is 1.07. The molecule has 4 rings (SSSR count). The maximum absolute atomic E-state index is 5.90. The third kappa shape index (κ3) is 10.4. The van der Waals surface area contributed by atoms with Crippen LogP contribution in [0.1, 0.15) is 84.0 Å². The number of nitrogens with zero attached hydrogens (tertiary/aromatic N) is 6. The van der Waals surface area contributed by atoms with Crippen LogP contribution < -0.4 is 15.2 Å². The van der Waals surface area contributed by atoms with Crippen molar-refractivity contribution >= 4 is 28.4 Å². The van der Waals surface area contributed by atoms with E-state index in [9.17, 15) is 0 Å². The smallest absolute Gasteiger partial charge is 0.165 e. The molecule has 0 fully saturated rings. The van der Waals surface area contributed by atoms with Crippen LogP contribution in [0.2, 0.25) is 0 Å². The van der Waals surface area contributed by atoms with E-state index >= 15 is 0 Å². The topological polar surface area (TPSA) is 113 Å². The van der Waals surface area contributed by atoms with Crippen molar-refractivity contribution in [2.45, 2.75) is 90.5 Å². The van der Waals surface area contributed by atoms with E-state index in [1.807, 2.05) is 53.1 Å². The molecule has 42 heavy (non-hydrogen) atoms. The van der Waals surface area contributed by atoms with Gasteiger partial charge in [-0.15, -0.1) is 0 Å². The van der Waals surface area contributed by atoms with Gasteiger partial charge in [0.2, 0.25) is 0 Å². The quantitative estimate of drug-likeness (QED) is 0.0836. The standard InChI is InChI=1S/C33H45N7O2/c1-2-3-4-5-6-7-8-9-10-12-23-41-29-18-14-27(15-19-29)38-39-28-16-20-30(21-17-28)42-24-13-11-22-40-26-37-31-32(34)35-25-36-33(31)40/h14-21,25-26H,2-13,22-24H2,1H3,(H2,34,35,36). The highest BCUT2D eigenvalue weighted by molar-refractivity contribution is 5.81. The number of ether oxygens (including phenoxy) is 2. The molecule has 0 aliphatic carbocycles. The SMILES string of the molecule is CCCCCCCCCCCCOc1ccc(N=Nc2ccc(OCCCCn3cnc4c(N)ncnc43)cc2)cc1. The van der Waals surface area contributed by atoms with Crippen molar-refractivity contribution in [1.82, 2.24) is 19.5 Å². The molecule has 0 aliphatic rings. The number of aryl methyl sites for hydroxylation is 1. The maximum atomic E-state index is 5.90. The summed E-state index contributed by atoms with van der Waals surface area (Å²) >= 11 is 0. The van der Waals surface area contributed by atoms with Gasteiger partial charge in [-0.25, -0.2) is 15.0 Å². The normalized spacial score (nSPS) is 11.5. The molecule has 0 saturated heterocycles. The van der Waals surface area contributed by atoms with Crippen molar-refractivity contribution in [3.63, 3.8) is 0 Å². The highest BCUT2D eigenvalue weighted by atomic mass is 16.5. The summed E-state index contributed by atoms with van der Waals surface area (Å²) in [4.78, 5) is 12.6. The summed E-state index contributed by atoms with van der Waals surface area (Å²) in [5, 5.41) is 8.70. The van der Waals surface area contributed by atoms with Crippen LogP contribution in [-0.2, 0) is 6.54 Å². The number of imidazole rings is 1. The number of rotatable bonds is 20. The Morgan fingerprint density at radius 3 is 1.74 bits per heavy atom. The van der Waals surface area contributed by atoms with Crippen LogP contribution in [0.25, 0.3) is 11.2 Å². The minimum absolute atomic E-state index is 0.405. The van der Waals surface area contributed by atoms with Crippen molar-refractivity contribution in [3.8, 4) is 11.5 Å². The van der Waals surface area contributed by atoms with Gasteiger partial charge < -0.3 is 19.8 Å². The molecule has 0 bridgehead atoms. The Labute approximate surface area is 249 Å². The first kappa shape index (κ1) is 30.9. The Kier molecular flexibility index (Phi) is 13.1. The first-order chi connectivity index (χ1) is 20.7. The first-order valence-electron chi connectivity index (χ1n) is 15.5. The van der Waals surface area contributed by atoms with Gasteiger partial charge in [0.25, 0.3) is 0 Å². The van der Waals surface area contributed by atoms with Gasteiger partial charge in [-0.1, -0.05) is 64.7 Å². The lowest BCUT2D eigenvalue weighted by Gasteiger charge is -2.07. The number of unbranched alkanes of at least 4 members (excludes halogenated alkanes) is 10. The number of anilines is 1. The molecule has 9 nitrogen and oxygen atoms in total. The van der Waals surface area contributed by atoms with E-state index in [1.165, 1.54) is 64.1 Å². The number of hydrogen-bond donors (Lipinski definition) is 1. The van der Waals surface area contributed by atoms with Crippen molar-refractivity contribution in [2.24, 2.45) is 10.2 Å². The van der Waals surface area contributed by atoms with Crippen LogP contribution >= 0.6 is 0 Å². The van der Waals surface area contributed by atoms with Crippen molar-refractivity contribution < 1.29 is 9.47 Å². The summed E-state index contributed by atoms with van der Waals surface area (Å²) in [6.07, 6.45) is 18.3. The predicted octanol–water partition coefficient (Wildman–Crippen LogP) is 8.98. The number of fused-ring (bicyclic) bond motifs is 1. The van der Waals surface area contributed by atoms with Crippen LogP contribution in [0.5, 0.6) is 11.5 Å². The average Bonchev–Trinajstić information content (AvgIpc) is 3.44. The lowest BCUT2D eigenvalue weighted by atomic mass is 10.1. The van der Waals surface area contributed by atoms with E-state index in [0.717, 1.165) is 60.9 Å². The molecule has 2 N–H and O–H groups in total. The fourth-order valence-corrected chi connectivity index (χ4v) is 4.75. The van der Waals surface area contributed by atoms with Crippen LogP contribution in [0.3, 0.4) is 0 Å².